The lowest BCUT2D eigenvalue weighted by molar-refractivity contribution is -0.136. The van der Waals surface area contributed by atoms with Gasteiger partial charge < -0.3 is 10.0 Å². The molecule has 1 rings (SSSR count). The van der Waals surface area contributed by atoms with E-state index in [9.17, 15) is 4.79 Å². The van der Waals surface area contributed by atoms with Gasteiger partial charge in [-0.25, -0.2) is 0 Å². The van der Waals surface area contributed by atoms with E-state index in [4.69, 9.17) is 10.4 Å². The summed E-state index contributed by atoms with van der Waals surface area (Å²) < 4.78 is 0. The lowest BCUT2D eigenvalue weighted by atomic mass is 10.2. The smallest absolute Gasteiger partial charge is 0.305 e. The summed E-state index contributed by atoms with van der Waals surface area (Å²) in [5.41, 5.74) is 0.405. The maximum absolute atomic E-state index is 10.5. The average Bonchev–Trinajstić information content (AvgIpc) is 2.30. The zero-order chi connectivity index (χ0) is 12.0. The predicted molar refractivity (Wildman–Crippen MR) is 56.9 cm³/mol. The molecule has 0 saturated carbocycles. The Morgan fingerprint density at radius 1 is 1.69 bits per heavy atom. The van der Waals surface area contributed by atoms with Gasteiger partial charge in [0.1, 0.15) is 6.07 Å². The summed E-state index contributed by atoms with van der Waals surface area (Å²) in [4.78, 5) is 12.2. The van der Waals surface area contributed by atoms with E-state index in [-0.39, 0.29) is 6.42 Å². The third kappa shape index (κ3) is 2.92. The molecule has 0 fully saturated rings. The normalized spacial score (nSPS) is 9.50. The Balaban J connectivity index is 2.86. The van der Waals surface area contributed by atoms with Crippen molar-refractivity contribution in [3.63, 3.8) is 0 Å². The van der Waals surface area contributed by atoms with Crippen molar-refractivity contribution in [1.82, 2.24) is 10.2 Å². The molecule has 16 heavy (non-hydrogen) atoms. The second kappa shape index (κ2) is 5.66. The number of carboxylic acid groups (broad SMARTS) is 1. The second-order valence-electron chi connectivity index (χ2n) is 3.10. The summed E-state index contributed by atoms with van der Waals surface area (Å²) in [6.45, 7) is 2.78. The van der Waals surface area contributed by atoms with Gasteiger partial charge >= 0.3 is 5.97 Å². The van der Waals surface area contributed by atoms with Crippen LogP contribution in [0, 0.1) is 11.3 Å². The summed E-state index contributed by atoms with van der Waals surface area (Å²) in [5.74, 6) is -0.436. The van der Waals surface area contributed by atoms with Crippen molar-refractivity contribution < 1.29 is 9.90 Å². The fraction of sp³-hybridized carbons (Fsp3) is 0.400. The van der Waals surface area contributed by atoms with E-state index in [1.54, 1.807) is 11.0 Å². The number of rotatable bonds is 5. The lowest BCUT2D eigenvalue weighted by Crippen LogP contribution is -2.27. The van der Waals surface area contributed by atoms with Gasteiger partial charge in [-0.1, -0.05) is 0 Å². The number of carboxylic acids is 1. The molecule has 1 heterocycles. The molecule has 0 atom stereocenters. The molecule has 0 aliphatic rings. The van der Waals surface area contributed by atoms with E-state index in [0.29, 0.717) is 24.5 Å². The van der Waals surface area contributed by atoms with E-state index < -0.39 is 5.97 Å². The number of nitriles is 1. The van der Waals surface area contributed by atoms with Crippen LogP contribution in [-0.4, -0.2) is 34.4 Å². The van der Waals surface area contributed by atoms with E-state index in [1.165, 1.54) is 6.20 Å². The van der Waals surface area contributed by atoms with Gasteiger partial charge in [-0.15, -0.1) is 5.10 Å². The molecule has 0 aromatic carbocycles. The minimum atomic E-state index is -0.874. The lowest BCUT2D eigenvalue weighted by Gasteiger charge is -2.20. The highest BCUT2D eigenvalue weighted by molar-refractivity contribution is 5.67. The summed E-state index contributed by atoms with van der Waals surface area (Å²) in [6, 6.07) is 3.57. The molecule has 0 amide bonds. The van der Waals surface area contributed by atoms with Crippen LogP contribution in [0.5, 0.6) is 0 Å². The summed E-state index contributed by atoms with van der Waals surface area (Å²) in [5, 5.41) is 25.0. The standard InChI is InChI=1S/C10H12N4O2/c1-2-14(6-4-9(15)16)10-8(7-11)3-5-12-13-10/h3,5H,2,4,6H2,1H3,(H,15,16). The van der Waals surface area contributed by atoms with Crippen LogP contribution in [0.4, 0.5) is 5.82 Å². The molecule has 6 nitrogen and oxygen atoms in total. The van der Waals surface area contributed by atoms with Gasteiger partial charge in [-0.2, -0.15) is 10.4 Å². The van der Waals surface area contributed by atoms with Gasteiger partial charge in [0.05, 0.1) is 18.2 Å². The monoisotopic (exact) mass is 220 g/mol. The fourth-order valence-corrected chi connectivity index (χ4v) is 1.29. The maximum atomic E-state index is 10.5. The molecular formula is C10H12N4O2. The third-order valence-electron chi connectivity index (χ3n) is 2.10. The molecule has 0 aliphatic carbocycles. The molecule has 84 valence electrons. The van der Waals surface area contributed by atoms with Crippen molar-refractivity contribution in [1.29, 1.82) is 5.26 Å². The summed E-state index contributed by atoms with van der Waals surface area (Å²) in [7, 11) is 0. The Hall–Kier alpha value is -2.16. The Labute approximate surface area is 93.1 Å². The molecule has 0 bridgehead atoms. The molecule has 0 spiro atoms. The molecule has 1 aromatic heterocycles. The molecule has 0 unspecified atom stereocenters. The van der Waals surface area contributed by atoms with E-state index in [2.05, 4.69) is 10.2 Å². The van der Waals surface area contributed by atoms with Crippen LogP contribution in [0.15, 0.2) is 12.3 Å². The van der Waals surface area contributed by atoms with Crippen LogP contribution in [-0.2, 0) is 4.79 Å². The Kier molecular flexibility index (Phi) is 4.21. The van der Waals surface area contributed by atoms with Crippen molar-refractivity contribution >= 4 is 11.8 Å². The van der Waals surface area contributed by atoms with Crippen LogP contribution in [0.25, 0.3) is 0 Å². The van der Waals surface area contributed by atoms with Crippen LogP contribution >= 0.6 is 0 Å². The number of hydrogen-bond donors (Lipinski definition) is 1. The Morgan fingerprint density at radius 3 is 3.00 bits per heavy atom. The number of aliphatic carboxylic acids is 1. The summed E-state index contributed by atoms with van der Waals surface area (Å²) in [6.07, 6.45) is 1.45. The van der Waals surface area contributed by atoms with Crippen molar-refractivity contribution in [3.05, 3.63) is 17.8 Å². The molecule has 0 aliphatic heterocycles. The first-order valence-corrected chi connectivity index (χ1v) is 4.87. The third-order valence-corrected chi connectivity index (χ3v) is 2.10. The van der Waals surface area contributed by atoms with Crippen molar-refractivity contribution in [2.75, 3.05) is 18.0 Å². The first-order valence-electron chi connectivity index (χ1n) is 4.87. The molecule has 1 N–H and O–H groups in total. The van der Waals surface area contributed by atoms with Crippen LogP contribution in [0.3, 0.4) is 0 Å². The van der Waals surface area contributed by atoms with Gasteiger partial charge in [0, 0.05) is 13.1 Å². The van der Waals surface area contributed by atoms with Crippen molar-refractivity contribution in [2.45, 2.75) is 13.3 Å². The van der Waals surface area contributed by atoms with Crippen molar-refractivity contribution in [3.8, 4) is 6.07 Å². The average molecular weight is 220 g/mol. The second-order valence-corrected chi connectivity index (χ2v) is 3.10. The SMILES string of the molecule is CCN(CCC(=O)O)c1nnccc1C#N. The number of nitrogens with zero attached hydrogens (tertiary/aromatic N) is 4. The van der Waals surface area contributed by atoms with Gasteiger partial charge in [0.15, 0.2) is 5.82 Å². The largest absolute Gasteiger partial charge is 0.481 e. The highest BCUT2D eigenvalue weighted by Gasteiger charge is 2.12. The first-order chi connectivity index (χ1) is 7.69. The van der Waals surface area contributed by atoms with Gasteiger partial charge in [-0.05, 0) is 13.0 Å². The minimum Gasteiger partial charge on any atom is -0.481 e. The number of hydrogen-bond acceptors (Lipinski definition) is 5. The van der Waals surface area contributed by atoms with Gasteiger partial charge in [0.2, 0.25) is 0 Å². The van der Waals surface area contributed by atoms with Crippen LogP contribution in [0.2, 0.25) is 0 Å². The van der Waals surface area contributed by atoms with E-state index in [1.807, 2.05) is 13.0 Å². The topological polar surface area (TPSA) is 90.1 Å². The van der Waals surface area contributed by atoms with E-state index in [0.717, 1.165) is 0 Å². The maximum Gasteiger partial charge on any atom is 0.305 e. The van der Waals surface area contributed by atoms with Crippen molar-refractivity contribution in [2.24, 2.45) is 0 Å². The van der Waals surface area contributed by atoms with Crippen LogP contribution < -0.4 is 4.90 Å². The van der Waals surface area contributed by atoms with Gasteiger partial charge in [-0.3, -0.25) is 4.79 Å². The quantitative estimate of drug-likeness (QED) is 0.783. The highest BCUT2D eigenvalue weighted by Crippen LogP contribution is 2.14. The molecule has 0 saturated heterocycles. The predicted octanol–water partition coefficient (Wildman–Crippen LogP) is 0.649. The first kappa shape index (κ1) is 11.9. The highest BCUT2D eigenvalue weighted by atomic mass is 16.4. The molecule has 1 aromatic rings. The number of aromatic nitrogens is 2. The Morgan fingerprint density at radius 2 is 2.44 bits per heavy atom. The number of anilines is 1. The van der Waals surface area contributed by atoms with E-state index >= 15 is 0 Å². The number of carbonyl (C=O) groups is 1. The Bertz CT molecular complexity index is 414. The zero-order valence-electron chi connectivity index (χ0n) is 8.92. The molecular weight excluding hydrogens is 208 g/mol. The zero-order valence-corrected chi connectivity index (χ0v) is 8.92. The van der Waals surface area contributed by atoms with Crippen LogP contribution in [0.1, 0.15) is 18.9 Å². The molecule has 0 radical (unpaired) electrons. The summed E-state index contributed by atoms with van der Waals surface area (Å²) >= 11 is 0. The minimum absolute atomic E-state index is 0.00921. The fourth-order valence-electron chi connectivity index (χ4n) is 1.29. The van der Waals surface area contributed by atoms with Gasteiger partial charge in [0.25, 0.3) is 0 Å². The molecule has 6 heteroatoms.